The van der Waals surface area contributed by atoms with Crippen LogP contribution in [0.5, 0.6) is 0 Å². The maximum Gasteiger partial charge on any atom is 0.319 e. The van der Waals surface area contributed by atoms with Crippen molar-refractivity contribution in [2.75, 3.05) is 5.75 Å². The zero-order chi connectivity index (χ0) is 9.61. The summed E-state index contributed by atoms with van der Waals surface area (Å²) in [5.74, 6) is -0.841. The van der Waals surface area contributed by atoms with Gasteiger partial charge in [0.05, 0.1) is 5.75 Å². The molecule has 0 radical (unpaired) electrons. The van der Waals surface area contributed by atoms with E-state index in [0.717, 1.165) is 19.8 Å². The minimum atomic E-state index is -3.60. The highest BCUT2D eigenvalue weighted by Crippen LogP contribution is 2.01. The van der Waals surface area contributed by atoms with Crippen LogP contribution in [-0.2, 0) is 19.1 Å². The normalized spacial score (nSPS) is 11.2. The molecule has 0 atom stereocenters. The van der Waals surface area contributed by atoms with Crippen molar-refractivity contribution < 1.29 is 17.4 Å². The molecular weight excluding hydrogens is 180 g/mol. The van der Waals surface area contributed by atoms with Crippen molar-refractivity contribution in [3.8, 4) is 0 Å². The molecular formula is C7H14O4S. The third kappa shape index (κ3) is 6.15. The van der Waals surface area contributed by atoms with E-state index in [1.165, 1.54) is 0 Å². The molecule has 0 unspecified atom stereocenters. The minimum absolute atomic E-state index is 0.0690. The number of rotatable bonds is 5. The Bertz CT molecular complexity index is 230. The summed E-state index contributed by atoms with van der Waals surface area (Å²) in [6, 6.07) is 0. The van der Waals surface area contributed by atoms with E-state index >= 15 is 0 Å². The first-order valence-corrected chi connectivity index (χ1v) is 5.48. The van der Waals surface area contributed by atoms with E-state index in [-0.39, 0.29) is 5.75 Å². The van der Waals surface area contributed by atoms with Crippen LogP contribution in [0.25, 0.3) is 0 Å². The van der Waals surface area contributed by atoms with Gasteiger partial charge in [-0.05, 0) is 6.42 Å². The number of hydrogen-bond donors (Lipinski definition) is 0. The van der Waals surface area contributed by atoms with Crippen molar-refractivity contribution in [1.29, 1.82) is 0 Å². The van der Waals surface area contributed by atoms with Crippen LogP contribution in [0.4, 0.5) is 0 Å². The van der Waals surface area contributed by atoms with Crippen molar-refractivity contribution in [1.82, 2.24) is 0 Å². The van der Waals surface area contributed by atoms with E-state index < -0.39 is 16.1 Å². The molecule has 0 aliphatic heterocycles. The average Bonchev–Trinajstić information content (AvgIpc) is 1.84. The zero-order valence-corrected chi connectivity index (χ0v) is 8.19. The lowest BCUT2D eigenvalue weighted by molar-refractivity contribution is -0.131. The van der Waals surface area contributed by atoms with Crippen LogP contribution in [0, 0.1) is 0 Å². The lowest BCUT2D eigenvalue weighted by Gasteiger charge is -2.01. The Morgan fingerprint density at radius 3 is 2.33 bits per heavy atom. The Hall–Kier alpha value is -0.580. The monoisotopic (exact) mass is 194 g/mol. The zero-order valence-electron chi connectivity index (χ0n) is 7.37. The van der Waals surface area contributed by atoms with E-state index in [2.05, 4.69) is 4.18 Å². The molecule has 0 aromatic rings. The SMILES string of the molecule is CCCCCS(=O)(=O)OC(C)=O. The first-order valence-electron chi connectivity index (χ1n) is 3.90. The molecule has 0 saturated carbocycles. The van der Waals surface area contributed by atoms with Gasteiger partial charge in [0.25, 0.3) is 0 Å². The molecule has 0 rings (SSSR count). The second-order valence-electron chi connectivity index (χ2n) is 2.54. The van der Waals surface area contributed by atoms with Gasteiger partial charge >= 0.3 is 16.1 Å². The summed E-state index contributed by atoms with van der Waals surface area (Å²) in [7, 11) is -3.60. The summed E-state index contributed by atoms with van der Waals surface area (Å²) in [4.78, 5) is 10.3. The molecule has 0 spiro atoms. The molecule has 72 valence electrons. The Kier molecular flexibility index (Phi) is 4.89. The molecule has 0 aromatic carbocycles. The van der Waals surface area contributed by atoms with E-state index in [4.69, 9.17) is 0 Å². The first-order chi connectivity index (χ1) is 5.48. The van der Waals surface area contributed by atoms with Crippen molar-refractivity contribution in [2.45, 2.75) is 33.1 Å². The van der Waals surface area contributed by atoms with Gasteiger partial charge in [-0.1, -0.05) is 19.8 Å². The highest BCUT2D eigenvalue weighted by molar-refractivity contribution is 7.87. The van der Waals surface area contributed by atoms with Crippen molar-refractivity contribution >= 4 is 16.1 Å². The van der Waals surface area contributed by atoms with Crippen molar-refractivity contribution in [3.63, 3.8) is 0 Å². The molecule has 0 aliphatic carbocycles. The number of hydrogen-bond acceptors (Lipinski definition) is 4. The first kappa shape index (κ1) is 11.4. The van der Waals surface area contributed by atoms with Gasteiger partial charge in [-0.2, -0.15) is 8.42 Å². The molecule has 0 N–H and O–H groups in total. The molecule has 12 heavy (non-hydrogen) atoms. The fraction of sp³-hybridized carbons (Fsp3) is 0.857. The van der Waals surface area contributed by atoms with Gasteiger partial charge < -0.3 is 4.18 Å². The lowest BCUT2D eigenvalue weighted by Crippen LogP contribution is -2.13. The summed E-state index contributed by atoms with van der Waals surface area (Å²) in [6.45, 7) is 3.05. The topological polar surface area (TPSA) is 60.4 Å². The van der Waals surface area contributed by atoms with Gasteiger partial charge in [0.1, 0.15) is 0 Å². The second-order valence-corrected chi connectivity index (χ2v) is 4.23. The van der Waals surface area contributed by atoms with E-state index in [0.29, 0.717) is 6.42 Å². The maximum absolute atomic E-state index is 10.9. The van der Waals surface area contributed by atoms with Gasteiger partial charge in [0.2, 0.25) is 0 Å². The Morgan fingerprint density at radius 1 is 1.33 bits per heavy atom. The smallest absolute Gasteiger partial charge is 0.319 e. The van der Waals surface area contributed by atoms with Crippen LogP contribution < -0.4 is 0 Å². The quantitative estimate of drug-likeness (QED) is 0.485. The van der Waals surface area contributed by atoms with Gasteiger partial charge in [-0.3, -0.25) is 4.79 Å². The van der Waals surface area contributed by atoms with Gasteiger partial charge in [-0.25, -0.2) is 0 Å². The summed E-state index contributed by atoms with van der Waals surface area (Å²) in [6.07, 6.45) is 2.32. The van der Waals surface area contributed by atoms with E-state index in [1.54, 1.807) is 0 Å². The van der Waals surface area contributed by atoms with Crippen LogP contribution in [0.3, 0.4) is 0 Å². The highest BCUT2D eigenvalue weighted by Gasteiger charge is 2.12. The number of carbonyl (C=O) groups is 1. The summed E-state index contributed by atoms with van der Waals surface area (Å²) >= 11 is 0. The third-order valence-corrected chi connectivity index (χ3v) is 2.52. The standard InChI is InChI=1S/C7H14O4S/c1-3-4-5-6-12(9,10)11-7(2)8/h3-6H2,1-2H3. The fourth-order valence-electron chi connectivity index (χ4n) is 0.749. The number of unbranched alkanes of at least 4 members (excludes halogenated alkanes) is 2. The Morgan fingerprint density at radius 2 is 1.92 bits per heavy atom. The largest absolute Gasteiger partial charge is 0.346 e. The average molecular weight is 194 g/mol. The molecule has 0 heterocycles. The van der Waals surface area contributed by atoms with Crippen molar-refractivity contribution in [3.05, 3.63) is 0 Å². The number of carbonyl (C=O) groups excluding carboxylic acids is 1. The fourth-order valence-corrected chi connectivity index (χ4v) is 1.75. The predicted molar refractivity (Wildman–Crippen MR) is 45.1 cm³/mol. The lowest BCUT2D eigenvalue weighted by atomic mass is 10.3. The van der Waals surface area contributed by atoms with Crippen LogP contribution >= 0.6 is 0 Å². The highest BCUT2D eigenvalue weighted by atomic mass is 32.2. The third-order valence-electron chi connectivity index (χ3n) is 1.24. The Labute approximate surface area is 73.0 Å². The van der Waals surface area contributed by atoms with Crippen LogP contribution in [-0.4, -0.2) is 20.1 Å². The van der Waals surface area contributed by atoms with Crippen LogP contribution in [0.15, 0.2) is 0 Å². The van der Waals surface area contributed by atoms with Gasteiger partial charge in [-0.15, -0.1) is 0 Å². The summed E-state index contributed by atoms with van der Waals surface area (Å²) in [5.41, 5.74) is 0. The van der Waals surface area contributed by atoms with Gasteiger partial charge in [0, 0.05) is 6.92 Å². The molecule has 0 saturated heterocycles. The molecule has 0 bridgehead atoms. The predicted octanol–water partition coefficient (Wildman–Crippen LogP) is 1.07. The molecule has 5 heteroatoms. The Balaban J connectivity index is 3.81. The van der Waals surface area contributed by atoms with Gasteiger partial charge in [0.15, 0.2) is 0 Å². The molecule has 0 fully saturated rings. The molecule has 0 aliphatic rings. The van der Waals surface area contributed by atoms with Crippen LogP contribution in [0.1, 0.15) is 33.1 Å². The second kappa shape index (κ2) is 5.13. The molecule has 0 aromatic heterocycles. The summed E-state index contributed by atoms with van der Waals surface area (Å²) < 4.78 is 25.9. The maximum atomic E-state index is 10.9. The molecule has 0 amide bonds. The minimum Gasteiger partial charge on any atom is -0.346 e. The summed E-state index contributed by atoms with van der Waals surface area (Å²) in [5, 5.41) is 0. The van der Waals surface area contributed by atoms with Crippen molar-refractivity contribution in [2.24, 2.45) is 0 Å². The van der Waals surface area contributed by atoms with Crippen LogP contribution in [0.2, 0.25) is 0 Å². The van der Waals surface area contributed by atoms with E-state index in [1.807, 2.05) is 6.92 Å². The molecule has 4 nitrogen and oxygen atoms in total. The van der Waals surface area contributed by atoms with E-state index in [9.17, 15) is 13.2 Å².